The molecule has 0 saturated heterocycles. The summed E-state index contributed by atoms with van der Waals surface area (Å²) in [6.07, 6.45) is 3.67. The topological polar surface area (TPSA) is 62.1 Å². The Morgan fingerprint density at radius 3 is 3.10 bits per heavy atom. The highest BCUT2D eigenvalue weighted by Gasteiger charge is 2.26. The molecule has 1 aliphatic rings. The molecular weight excluding hydrogens is 282 g/mol. The molecule has 2 aromatic rings. The molecule has 0 bridgehead atoms. The van der Waals surface area contributed by atoms with Crippen LogP contribution in [0.1, 0.15) is 17.7 Å². The van der Waals surface area contributed by atoms with E-state index in [2.05, 4.69) is 17.1 Å². The van der Waals surface area contributed by atoms with Crippen molar-refractivity contribution in [2.75, 3.05) is 18.6 Å². The van der Waals surface area contributed by atoms with Gasteiger partial charge in [0.05, 0.1) is 6.04 Å². The van der Waals surface area contributed by atoms with Crippen LogP contribution < -0.4 is 5.73 Å². The average Bonchev–Trinajstić information content (AvgIpc) is 2.89. The van der Waals surface area contributed by atoms with Crippen LogP contribution in [0.25, 0.3) is 10.9 Å². The van der Waals surface area contributed by atoms with Crippen LogP contribution in [-0.2, 0) is 17.8 Å². The molecule has 0 aliphatic carbocycles. The summed E-state index contributed by atoms with van der Waals surface area (Å²) in [6.45, 7) is 1.43. The second-order valence-electron chi connectivity index (χ2n) is 5.53. The molecule has 0 unspecified atom stereocenters. The molecule has 4 nitrogen and oxygen atoms in total. The fraction of sp³-hybridized carbons (Fsp3) is 0.438. The lowest BCUT2D eigenvalue weighted by Gasteiger charge is -2.29. The molecule has 1 aliphatic heterocycles. The van der Waals surface area contributed by atoms with E-state index in [4.69, 9.17) is 5.73 Å². The molecule has 0 radical (unpaired) electrons. The Labute approximate surface area is 129 Å². The Hall–Kier alpha value is -1.46. The smallest absolute Gasteiger partial charge is 0.239 e. The number of benzene rings is 1. The number of aromatic nitrogens is 1. The third-order valence-corrected chi connectivity index (χ3v) is 4.79. The highest BCUT2D eigenvalue weighted by molar-refractivity contribution is 7.98. The number of hydrogen-bond donors (Lipinski definition) is 2. The zero-order chi connectivity index (χ0) is 14.8. The second-order valence-corrected chi connectivity index (χ2v) is 6.51. The SMILES string of the molecule is CSCC[C@H](N)C(=O)N1CCc2[nH]c3ccccc3c2C1. The minimum absolute atomic E-state index is 0.0833. The number of nitrogens with two attached hydrogens (primary N) is 1. The molecular formula is C16H21N3OS. The van der Waals surface area contributed by atoms with Crippen molar-refractivity contribution in [2.45, 2.75) is 25.4 Å². The first-order valence-electron chi connectivity index (χ1n) is 7.32. The molecule has 0 fully saturated rings. The van der Waals surface area contributed by atoms with Gasteiger partial charge in [0.2, 0.25) is 5.91 Å². The van der Waals surface area contributed by atoms with Gasteiger partial charge in [0.25, 0.3) is 0 Å². The molecule has 1 atom stereocenters. The summed E-state index contributed by atoms with van der Waals surface area (Å²) in [4.78, 5) is 17.8. The van der Waals surface area contributed by atoms with Gasteiger partial charge in [-0.25, -0.2) is 0 Å². The maximum Gasteiger partial charge on any atom is 0.239 e. The Morgan fingerprint density at radius 1 is 1.48 bits per heavy atom. The van der Waals surface area contributed by atoms with E-state index in [1.807, 2.05) is 23.3 Å². The predicted molar refractivity (Wildman–Crippen MR) is 88.4 cm³/mol. The van der Waals surface area contributed by atoms with E-state index in [1.54, 1.807) is 11.8 Å². The van der Waals surface area contributed by atoms with Crippen molar-refractivity contribution in [1.82, 2.24) is 9.88 Å². The van der Waals surface area contributed by atoms with Crippen LogP contribution in [0.2, 0.25) is 0 Å². The zero-order valence-electron chi connectivity index (χ0n) is 12.3. The molecule has 1 aromatic carbocycles. The third kappa shape index (κ3) is 2.80. The van der Waals surface area contributed by atoms with Crippen molar-refractivity contribution in [2.24, 2.45) is 5.73 Å². The van der Waals surface area contributed by atoms with Gasteiger partial charge < -0.3 is 15.6 Å². The Morgan fingerprint density at radius 2 is 2.29 bits per heavy atom. The highest BCUT2D eigenvalue weighted by atomic mass is 32.2. The average molecular weight is 303 g/mol. The monoisotopic (exact) mass is 303 g/mol. The van der Waals surface area contributed by atoms with Crippen molar-refractivity contribution in [3.05, 3.63) is 35.5 Å². The summed E-state index contributed by atoms with van der Waals surface area (Å²) in [5.74, 6) is 1.01. The number of nitrogens with zero attached hydrogens (tertiary/aromatic N) is 1. The maximum atomic E-state index is 12.5. The van der Waals surface area contributed by atoms with E-state index in [0.717, 1.165) is 30.7 Å². The standard InChI is InChI=1S/C16H21N3OS/c1-21-9-7-13(17)16(20)19-8-6-15-12(10-19)11-4-2-3-5-14(11)18-15/h2-5,13,18H,6-10,17H2,1H3/t13-/m0/s1. The summed E-state index contributed by atoms with van der Waals surface area (Å²) in [6, 6.07) is 7.91. The van der Waals surface area contributed by atoms with Crippen molar-refractivity contribution in [3.8, 4) is 0 Å². The van der Waals surface area contributed by atoms with E-state index < -0.39 is 0 Å². The van der Waals surface area contributed by atoms with Crippen LogP contribution in [0.5, 0.6) is 0 Å². The molecule has 1 amide bonds. The van der Waals surface area contributed by atoms with Gasteiger partial charge in [-0.05, 0) is 24.5 Å². The Kier molecular flexibility index (Phi) is 4.22. The summed E-state index contributed by atoms with van der Waals surface area (Å²) in [7, 11) is 0. The van der Waals surface area contributed by atoms with E-state index in [0.29, 0.717) is 6.54 Å². The number of rotatable bonds is 4. The summed E-state index contributed by atoms with van der Waals surface area (Å²) in [5.41, 5.74) is 9.70. The first-order chi connectivity index (χ1) is 10.2. The van der Waals surface area contributed by atoms with Crippen molar-refractivity contribution in [3.63, 3.8) is 0 Å². The van der Waals surface area contributed by atoms with Gasteiger partial charge in [0, 0.05) is 41.7 Å². The number of nitrogens with one attached hydrogen (secondary N) is 1. The molecule has 0 spiro atoms. The Balaban J connectivity index is 1.79. The summed E-state index contributed by atoms with van der Waals surface area (Å²) in [5, 5.41) is 1.22. The third-order valence-electron chi connectivity index (χ3n) is 4.14. The lowest BCUT2D eigenvalue weighted by Crippen LogP contribution is -2.46. The van der Waals surface area contributed by atoms with Crippen LogP contribution in [0.3, 0.4) is 0 Å². The fourth-order valence-electron chi connectivity index (χ4n) is 2.96. The van der Waals surface area contributed by atoms with Crippen LogP contribution in [-0.4, -0.2) is 40.4 Å². The normalized spacial score (nSPS) is 16.0. The molecule has 5 heteroatoms. The van der Waals surface area contributed by atoms with Crippen molar-refractivity contribution in [1.29, 1.82) is 0 Å². The van der Waals surface area contributed by atoms with E-state index in [9.17, 15) is 4.79 Å². The predicted octanol–water partition coefficient (Wildman–Crippen LogP) is 2.13. The molecule has 1 aromatic heterocycles. The van der Waals surface area contributed by atoms with Gasteiger partial charge in [-0.3, -0.25) is 4.79 Å². The van der Waals surface area contributed by atoms with Crippen LogP contribution in [0, 0.1) is 0 Å². The number of hydrogen-bond acceptors (Lipinski definition) is 3. The van der Waals surface area contributed by atoms with E-state index >= 15 is 0 Å². The number of H-pyrrole nitrogens is 1. The first kappa shape index (κ1) is 14.5. The van der Waals surface area contributed by atoms with Crippen molar-refractivity contribution < 1.29 is 4.79 Å². The number of aromatic amines is 1. The highest BCUT2D eigenvalue weighted by Crippen LogP contribution is 2.27. The molecule has 21 heavy (non-hydrogen) atoms. The van der Waals surface area contributed by atoms with E-state index in [1.165, 1.54) is 16.6 Å². The molecule has 2 heterocycles. The second kappa shape index (κ2) is 6.12. The van der Waals surface area contributed by atoms with E-state index in [-0.39, 0.29) is 11.9 Å². The molecule has 3 rings (SSSR count). The molecule has 0 saturated carbocycles. The Bertz CT molecular complexity index is 652. The molecule has 112 valence electrons. The quantitative estimate of drug-likeness (QED) is 0.909. The van der Waals surface area contributed by atoms with Gasteiger partial charge in [-0.2, -0.15) is 11.8 Å². The largest absolute Gasteiger partial charge is 0.358 e. The molecule has 3 N–H and O–H groups in total. The minimum Gasteiger partial charge on any atom is -0.358 e. The number of para-hydroxylation sites is 1. The van der Waals surface area contributed by atoms with Gasteiger partial charge in [-0.1, -0.05) is 18.2 Å². The number of fused-ring (bicyclic) bond motifs is 3. The van der Waals surface area contributed by atoms with Gasteiger partial charge in [-0.15, -0.1) is 0 Å². The lowest BCUT2D eigenvalue weighted by atomic mass is 10.0. The number of carbonyl (C=O) groups is 1. The number of thioether (sulfide) groups is 1. The van der Waals surface area contributed by atoms with Crippen LogP contribution in [0.15, 0.2) is 24.3 Å². The number of carbonyl (C=O) groups excluding carboxylic acids is 1. The fourth-order valence-corrected chi connectivity index (χ4v) is 3.45. The summed E-state index contributed by atoms with van der Waals surface area (Å²) < 4.78 is 0. The van der Waals surface area contributed by atoms with Crippen LogP contribution in [0.4, 0.5) is 0 Å². The zero-order valence-corrected chi connectivity index (χ0v) is 13.1. The van der Waals surface area contributed by atoms with Gasteiger partial charge in [0.15, 0.2) is 0 Å². The first-order valence-corrected chi connectivity index (χ1v) is 8.72. The number of amides is 1. The summed E-state index contributed by atoms with van der Waals surface area (Å²) >= 11 is 1.73. The van der Waals surface area contributed by atoms with Crippen LogP contribution >= 0.6 is 11.8 Å². The lowest BCUT2D eigenvalue weighted by molar-refractivity contribution is -0.133. The maximum absolute atomic E-state index is 12.5. The van der Waals surface area contributed by atoms with Gasteiger partial charge in [0.1, 0.15) is 0 Å². The van der Waals surface area contributed by atoms with Crippen molar-refractivity contribution >= 4 is 28.6 Å². The minimum atomic E-state index is -0.371. The van der Waals surface area contributed by atoms with Gasteiger partial charge >= 0.3 is 0 Å².